The van der Waals surface area contributed by atoms with Gasteiger partial charge < -0.3 is 5.11 Å². The van der Waals surface area contributed by atoms with Gasteiger partial charge in [0.1, 0.15) is 11.6 Å². The van der Waals surface area contributed by atoms with E-state index in [9.17, 15) is 14.7 Å². The molecular weight excluding hydrogens is 408 g/mol. The molecule has 7 atom stereocenters. The predicted molar refractivity (Wildman–Crippen MR) is 134 cm³/mol. The minimum atomic E-state index is -0.447. The van der Waals surface area contributed by atoms with Gasteiger partial charge in [-0.15, -0.1) is 0 Å². The molecule has 4 rings (SSSR count). The van der Waals surface area contributed by atoms with Crippen molar-refractivity contribution in [2.24, 2.45) is 39.4 Å². The Balaban J connectivity index is 1.69. The van der Waals surface area contributed by atoms with Gasteiger partial charge >= 0.3 is 0 Å². The molecule has 0 spiro atoms. The van der Waals surface area contributed by atoms with Crippen molar-refractivity contribution in [1.82, 2.24) is 0 Å². The van der Waals surface area contributed by atoms with Crippen molar-refractivity contribution < 1.29 is 14.7 Å². The van der Waals surface area contributed by atoms with Crippen LogP contribution in [-0.2, 0) is 9.59 Å². The lowest BCUT2D eigenvalue weighted by Crippen LogP contribution is -2.56. The second-order valence-corrected chi connectivity index (χ2v) is 13.3. The molecule has 2 saturated carbocycles. The second kappa shape index (κ2) is 7.90. The summed E-state index contributed by atoms with van der Waals surface area (Å²) in [4.78, 5) is 26.9. The van der Waals surface area contributed by atoms with Gasteiger partial charge in [-0.05, 0) is 75.0 Å². The molecule has 0 amide bonds. The zero-order chi connectivity index (χ0) is 24.6. The molecule has 0 aromatic rings. The summed E-state index contributed by atoms with van der Waals surface area (Å²) in [6, 6.07) is 0. The predicted octanol–water partition coefficient (Wildman–Crippen LogP) is 6.84. The van der Waals surface area contributed by atoms with Gasteiger partial charge in [0, 0.05) is 29.1 Å². The van der Waals surface area contributed by atoms with Crippen molar-refractivity contribution in [1.29, 1.82) is 0 Å². The summed E-state index contributed by atoms with van der Waals surface area (Å²) in [5, 5.41) is 10.3. The van der Waals surface area contributed by atoms with E-state index in [1.54, 1.807) is 5.57 Å². The van der Waals surface area contributed by atoms with Crippen LogP contribution >= 0.6 is 0 Å². The highest BCUT2D eigenvalue weighted by Crippen LogP contribution is 2.71. The quantitative estimate of drug-likeness (QED) is 0.463. The van der Waals surface area contributed by atoms with Gasteiger partial charge in [0.2, 0.25) is 0 Å². The summed E-state index contributed by atoms with van der Waals surface area (Å²) < 4.78 is 0. The van der Waals surface area contributed by atoms with E-state index < -0.39 is 6.10 Å². The number of aliphatic hydroxyl groups is 1. The molecule has 0 radical (unpaired) electrons. The first-order valence-corrected chi connectivity index (χ1v) is 13.3. The molecule has 2 fully saturated rings. The van der Waals surface area contributed by atoms with Crippen LogP contribution in [0.1, 0.15) is 106 Å². The van der Waals surface area contributed by atoms with E-state index in [2.05, 4.69) is 48.1 Å². The molecule has 1 N–H and O–H groups in total. The van der Waals surface area contributed by atoms with Gasteiger partial charge in [-0.25, -0.2) is 0 Å². The third-order valence-corrected chi connectivity index (χ3v) is 11.5. The third kappa shape index (κ3) is 3.31. The van der Waals surface area contributed by atoms with Crippen LogP contribution in [0.3, 0.4) is 0 Å². The highest BCUT2D eigenvalue weighted by atomic mass is 16.3. The Labute approximate surface area is 201 Å². The summed E-state index contributed by atoms with van der Waals surface area (Å²) in [5.74, 6) is 1.92. The fourth-order valence-corrected chi connectivity index (χ4v) is 9.05. The lowest BCUT2D eigenvalue weighted by atomic mass is 9.43. The highest BCUT2D eigenvalue weighted by molar-refractivity contribution is 5.92. The van der Waals surface area contributed by atoms with Crippen molar-refractivity contribution in [3.63, 3.8) is 0 Å². The van der Waals surface area contributed by atoms with Crippen molar-refractivity contribution in [3.8, 4) is 0 Å². The van der Waals surface area contributed by atoms with E-state index in [-0.39, 0.29) is 21.7 Å². The van der Waals surface area contributed by atoms with Gasteiger partial charge in [0.25, 0.3) is 0 Å². The van der Waals surface area contributed by atoms with E-state index in [0.717, 1.165) is 50.5 Å². The molecular formula is C30H46O3. The SMILES string of the molecule is C=C(C)C(O)CCC(C)C1CCC2(C)C3=C(CC(=O)C12C)C1(C)CCC(=O)C(C)(C)C1CC3. The summed E-state index contributed by atoms with van der Waals surface area (Å²) in [5.41, 5.74) is 3.08. The normalized spacial score (nSPS) is 41.8. The van der Waals surface area contributed by atoms with Gasteiger partial charge in [0.05, 0.1) is 6.10 Å². The number of ketones is 2. The first kappa shape index (κ1) is 24.9. The van der Waals surface area contributed by atoms with Crippen LogP contribution in [-0.4, -0.2) is 22.8 Å². The van der Waals surface area contributed by atoms with Crippen LogP contribution in [0.2, 0.25) is 0 Å². The van der Waals surface area contributed by atoms with Crippen LogP contribution in [0, 0.1) is 39.4 Å². The summed E-state index contributed by atoms with van der Waals surface area (Å²) >= 11 is 0. The maximum absolute atomic E-state index is 14.1. The molecule has 184 valence electrons. The molecule has 4 aliphatic carbocycles. The number of fused-ring (bicyclic) bond motifs is 4. The van der Waals surface area contributed by atoms with Crippen molar-refractivity contribution in [2.45, 2.75) is 112 Å². The van der Waals surface area contributed by atoms with E-state index in [0.29, 0.717) is 42.2 Å². The van der Waals surface area contributed by atoms with Crippen molar-refractivity contribution in [2.75, 3.05) is 0 Å². The average molecular weight is 455 g/mol. The zero-order valence-electron chi connectivity index (χ0n) is 22.1. The molecule has 0 aromatic carbocycles. The van der Waals surface area contributed by atoms with Crippen LogP contribution in [0.5, 0.6) is 0 Å². The highest BCUT2D eigenvalue weighted by Gasteiger charge is 2.66. The number of hydrogen-bond donors (Lipinski definition) is 1. The minimum absolute atomic E-state index is 0.0275. The first-order valence-electron chi connectivity index (χ1n) is 13.3. The topological polar surface area (TPSA) is 54.4 Å². The molecule has 0 aromatic heterocycles. The monoisotopic (exact) mass is 454 g/mol. The average Bonchev–Trinajstić information content (AvgIpc) is 3.03. The second-order valence-electron chi connectivity index (χ2n) is 13.3. The number of carbonyl (C=O) groups excluding carboxylic acids is 2. The Bertz CT molecular complexity index is 910. The van der Waals surface area contributed by atoms with Gasteiger partial charge in [-0.3, -0.25) is 9.59 Å². The molecule has 3 heteroatoms. The molecule has 0 aliphatic heterocycles. The summed E-state index contributed by atoms with van der Waals surface area (Å²) in [6.07, 6.45) is 7.61. The smallest absolute Gasteiger partial charge is 0.143 e. The maximum Gasteiger partial charge on any atom is 0.143 e. The minimum Gasteiger partial charge on any atom is -0.389 e. The van der Waals surface area contributed by atoms with E-state index in [4.69, 9.17) is 0 Å². The number of Topliss-reactive ketones (excluding diaryl/α,β-unsaturated/α-hetero) is 2. The standard InChI is InChI=1S/C30H46O3/c1-18(2)23(31)11-9-19(3)20-13-16-29(7)21-10-12-24-27(4,5)25(32)14-15-28(24,6)22(21)17-26(33)30(20,29)8/h19-20,23-24,31H,1,9-17H2,2-8H3. The van der Waals surface area contributed by atoms with Gasteiger partial charge in [-0.2, -0.15) is 0 Å². The molecule has 33 heavy (non-hydrogen) atoms. The Hall–Kier alpha value is -1.22. The van der Waals surface area contributed by atoms with E-state index >= 15 is 0 Å². The lowest BCUT2D eigenvalue weighted by Gasteiger charge is -2.60. The summed E-state index contributed by atoms with van der Waals surface area (Å²) in [6.45, 7) is 19.4. The van der Waals surface area contributed by atoms with Crippen LogP contribution in [0.15, 0.2) is 23.3 Å². The zero-order valence-corrected chi connectivity index (χ0v) is 22.1. The van der Waals surface area contributed by atoms with Crippen molar-refractivity contribution >= 4 is 11.6 Å². The van der Waals surface area contributed by atoms with Crippen LogP contribution in [0.25, 0.3) is 0 Å². The Morgan fingerprint density at radius 2 is 1.67 bits per heavy atom. The summed E-state index contributed by atoms with van der Waals surface area (Å²) in [7, 11) is 0. The number of hydrogen-bond acceptors (Lipinski definition) is 3. The molecule has 0 saturated heterocycles. The van der Waals surface area contributed by atoms with E-state index in [1.807, 2.05) is 6.92 Å². The molecule has 4 aliphatic rings. The Kier molecular flexibility index (Phi) is 5.96. The number of aliphatic hydroxyl groups excluding tert-OH is 1. The van der Waals surface area contributed by atoms with Crippen LogP contribution in [0.4, 0.5) is 0 Å². The molecule has 0 heterocycles. The van der Waals surface area contributed by atoms with Gasteiger partial charge in [-0.1, -0.05) is 64.8 Å². The largest absolute Gasteiger partial charge is 0.389 e. The fraction of sp³-hybridized carbons (Fsp3) is 0.800. The van der Waals surface area contributed by atoms with Gasteiger partial charge in [0.15, 0.2) is 0 Å². The maximum atomic E-state index is 14.1. The van der Waals surface area contributed by atoms with E-state index in [1.165, 1.54) is 5.57 Å². The fourth-order valence-electron chi connectivity index (χ4n) is 9.05. The number of carbonyl (C=O) groups is 2. The van der Waals surface area contributed by atoms with Crippen molar-refractivity contribution in [3.05, 3.63) is 23.3 Å². The first-order chi connectivity index (χ1) is 15.2. The number of allylic oxidation sites excluding steroid dienone is 2. The third-order valence-electron chi connectivity index (χ3n) is 11.5. The Morgan fingerprint density at radius 3 is 2.30 bits per heavy atom. The van der Waals surface area contributed by atoms with Crippen LogP contribution < -0.4 is 0 Å². The number of rotatable bonds is 5. The lowest BCUT2D eigenvalue weighted by molar-refractivity contribution is -0.143. The molecule has 0 bridgehead atoms. The Morgan fingerprint density at radius 1 is 1.00 bits per heavy atom. The molecule has 7 unspecified atom stereocenters. The molecule has 3 nitrogen and oxygen atoms in total.